The van der Waals surface area contributed by atoms with Gasteiger partial charge < -0.3 is 15.7 Å². The Kier molecular flexibility index (Phi) is 6.03. The summed E-state index contributed by atoms with van der Waals surface area (Å²) in [6.45, 7) is 6.69. The van der Waals surface area contributed by atoms with E-state index in [4.69, 9.17) is 5.11 Å². The van der Waals surface area contributed by atoms with Gasteiger partial charge in [0.05, 0.1) is 5.56 Å². The molecule has 0 aliphatic carbocycles. The second-order valence-electron chi connectivity index (χ2n) is 5.25. The molecule has 0 saturated carbocycles. The zero-order valence-electron chi connectivity index (χ0n) is 12.2. The first kappa shape index (κ1) is 16.0. The van der Waals surface area contributed by atoms with Gasteiger partial charge >= 0.3 is 12.0 Å². The third-order valence-electron chi connectivity index (χ3n) is 2.97. The molecule has 5 nitrogen and oxygen atoms in total. The van der Waals surface area contributed by atoms with Gasteiger partial charge in [-0.25, -0.2) is 9.59 Å². The highest BCUT2D eigenvalue weighted by molar-refractivity contribution is 5.92. The molecule has 0 aromatic heterocycles. The number of carboxylic acids is 1. The molecular weight excluding hydrogens is 256 g/mol. The number of carbonyl (C=O) groups excluding carboxylic acids is 1. The summed E-state index contributed by atoms with van der Waals surface area (Å²) in [5.74, 6) is -0.344. The van der Waals surface area contributed by atoms with E-state index in [1.54, 1.807) is 13.0 Å². The molecule has 1 aromatic carbocycles. The maximum atomic E-state index is 11.7. The van der Waals surface area contributed by atoms with Crippen LogP contribution in [0.1, 0.15) is 42.6 Å². The molecule has 0 heterocycles. The van der Waals surface area contributed by atoms with Crippen molar-refractivity contribution in [1.29, 1.82) is 0 Å². The van der Waals surface area contributed by atoms with Crippen LogP contribution in [0, 0.1) is 12.8 Å². The van der Waals surface area contributed by atoms with Crippen molar-refractivity contribution in [3.05, 3.63) is 29.3 Å². The number of aryl methyl sites for hydroxylation is 1. The number of rotatable bonds is 6. The van der Waals surface area contributed by atoms with E-state index in [1.165, 1.54) is 12.1 Å². The zero-order chi connectivity index (χ0) is 15.1. The summed E-state index contributed by atoms with van der Waals surface area (Å²) in [7, 11) is 0. The van der Waals surface area contributed by atoms with Gasteiger partial charge in [0.15, 0.2) is 0 Å². The number of hydrogen-bond donors (Lipinski definition) is 3. The van der Waals surface area contributed by atoms with E-state index in [2.05, 4.69) is 24.5 Å². The van der Waals surface area contributed by atoms with E-state index in [0.717, 1.165) is 18.4 Å². The van der Waals surface area contributed by atoms with Crippen LogP contribution in [0.3, 0.4) is 0 Å². The van der Waals surface area contributed by atoms with Crippen molar-refractivity contribution in [3.63, 3.8) is 0 Å². The summed E-state index contributed by atoms with van der Waals surface area (Å²) < 4.78 is 0. The normalized spacial score (nSPS) is 10.4. The molecule has 0 fully saturated rings. The molecule has 3 N–H and O–H groups in total. The van der Waals surface area contributed by atoms with Crippen LogP contribution < -0.4 is 10.6 Å². The number of carbonyl (C=O) groups is 2. The van der Waals surface area contributed by atoms with Gasteiger partial charge in [-0.1, -0.05) is 13.8 Å². The van der Waals surface area contributed by atoms with Crippen molar-refractivity contribution in [3.8, 4) is 0 Å². The smallest absolute Gasteiger partial charge is 0.335 e. The Labute approximate surface area is 119 Å². The number of amides is 2. The Hall–Kier alpha value is -2.04. The predicted octanol–water partition coefficient (Wildman–Crippen LogP) is 3.25. The molecule has 0 spiro atoms. The Bertz CT molecular complexity index is 484. The van der Waals surface area contributed by atoms with E-state index in [0.29, 0.717) is 18.2 Å². The van der Waals surface area contributed by atoms with Crippen molar-refractivity contribution >= 4 is 17.7 Å². The number of urea groups is 1. The lowest BCUT2D eigenvalue weighted by atomic mass is 10.1. The van der Waals surface area contributed by atoms with Crippen molar-refractivity contribution in [2.75, 3.05) is 11.9 Å². The summed E-state index contributed by atoms with van der Waals surface area (Å²) in [5, 5.41) is 14.4. The van der Waals surface area contributed by atoms with Gasteiger partial charge in [0.25, 0.3) is 0 Å². The Balaban J connectivity index is 2.48. The summed E-state index contributed by atoms with van der Waals surface area (Å²) in [6.07, 6.45) is 2.02. The maximum absolute atomic E-state index is 11.7. The van der Waals surface area contributed by atoms with Gasteiger partial charge in [-0.3, -0.25) is 0 Å². The maximum Gasteiger partial charge on any atom is 0.335 e. The molecule has 0 atom stereocenters. The third-order valence-corrected chi connectivity index (χ3v) is 2.97. The van der Waals surface area contributed by atoms with Crippen LogP contribution in [0.4, 0.5) is 10.5 Å². The largest absolute Gasteiger partial charge is 0.478 e. The highest BCUT2D eigenvalue weighted by atomic mass is 16.4. The molecule has 5 heteroatoms. The minimum Gasteiger partial charge on any atom is -0.478 e. The van der Waals surface area contributed by atoms with Gasteiger partial charge in [0, 0.05) is 12.2 Å². The average Bonchev–Trinajstić information content (AvgIpc) is 2.36. The second-order valence-corrected chi connectivity index (χ2v) is 5.25. The SMILES string of the molecule is Cc1cc(C(=O)O)ccc1NC(=O)NCCCC(C)C. The zero-order valence-corrected chi connectivity index (χ0v) is 12.2. The van der Waals surface area contributed by atoms with E-state index in [1.807, 2.05) is 0 Å². The summed E-state index contributed by atoms with van der Waals surface area (Å²) >= 11 is 0. The molecule has 0 aliphatic heterocycles. The van der Waals surface area contributed by atoms with Gasteiger partial charge in [-0.2, -0.15) is 0 Å². The van der Waals surface area contributed by atoms with Crippen LogP contribution in [0.2, 0.25) is 0 Å². The third kappa shape index (κ3) is 5.30. The van der Waals surface area contributed by atoms with Gasteiger partial charge in [0.1, 0.15) is 0 Å². The molecule has 0 radical (unpaired) electrons. The molecule has 0 saturated heterocycles. The highest BCUT2D eigenvalue weighted by Crippen LogP contribution is 2.16. The van der Waals surface area contributed by atoms with Crippen LogP contribution in [0.15, 0.2) is 18.2 Å². The number of hydrogen-bond acceptors (Lipinski definition) is 2. The molecule has 2 amide bonds. The molecule has 20 heavy (non-hydrogen) atoms. The van der Waals surface area contributed by atoms with E-state index in [9.17, 15) is 9.59 Å². The molecule has 1 rings (SSSR count). The van der Waals surface area contributed by atoms with Crippen LogP contribution >= 0.6 is 0 Å². The number of aromatic carboxylic acids is 1. The number of nitrogens with one attached hydrogen (secondary N) is 2. The van der Waals surface area contributed by atoms with E-state index in [-0.39, 0.29) is 11.6 Å². The van der Waals surface area contributed by atoms with Crippen molar-refractivity contribution in [1.82, 2.24) is 5.32 Å². The molecule has 110 valence electrons. The fourth-order valence-corrected chi connectivity index (χ4v) is 1.82. The van der Waals surface area contributed by atoms with Gasteiger partial charge in [-0.15, -0.1) is 0 Å². The first-order valence-electron chi connectivity index (χ1n) is 6.79. The first-order chi connectivity index (χ1) is 9.40. The van der Waals surface area contributed by atoms with E-state index >= 15 is 0 Å². The number of anilines is 1. The minimum absolute atomic E-state index is 0.213. The van der Waals surface area contributed by atoms with Crippen molar-refractivity contribution in [2.24, 2.45) is 5.92 Å². The summed E-state index contributed by atoms with van der Waals surface area (Å²) in [5.41, 5.74) is 1.56. The van der Waals surface area contributed by atoms with Crippen LogP contribution in [-0.4, -0.2) is 23.7 Å². The minimum atomic E-state index is -0.974. The summed E-state index contributed by atoms with van der Waals surface area (Å²) in [6, 6.07) is 4.35. The fraction of sp³-hybridized carbons (Fsp3) is 0.467. The first-order valence-corrected chi connectivity index (χ1v) is 6.79. The molecular formula is C15H22N2O3. The fourth-order valence-electron chi connectivity index (χ4n) is 1.82. The lowest BCUT2D eigenvalue weighted by molar-refractivity contribution is 0.0697. The van der Waals surface area contributed by atoms with E-state index < -0.39 is 5.97 Å². The molecule has 1 aromatic rings. The van der Waals surface area contributed by atoms with Crippen molar-refractivity contribution in [2.45, 2.75) is 33.6 Å². The standard InChI is InChI=1S/C15H22N2O3/c1-10(2)5-4-8-16-15(20)17-13-7-6-12(14(18)19)9-11(13)3/h6-7,9-10H,4-5,8H2,1-3H3,(H,18,19)(H2,16,17,20). The predicted molar refractivity (Wildman–Crippen MR) is 79.2 cm³/mol. The Morgan fingerprint density at radius 2 is 2.00 bits per heavy atom. The summed E-state index contributed by atoms with van der Waals surface area (Å²) in [4.78, 5) is 22.5. The lowest BCUT2D eigenvalue weighted by Crippen LogP contribution is -2.30. The Morgan fingerprint density at radius 1 is 1.30 bits per heavy atom. The Morgan fingerprint density at radius 3 is 2.55 bits per heavy atom. The number of carboxylic acid groups (broad SMARTS) is 1. The van der Waals surface area contributed by atoms with Gasteiger partial charge in [-0.05, 0) is 49.4 Å². The van der Waals surface area contributed by atoms with Crippen LogP contribution in [-0.2, 0) is 0 Å². The topological polar surface area (TPSA) is 78.4 Å². The molecule has 0 aliphatic rings. The monoisotopic (exact) mass is 278 g/mol. The van der Waals surface area contributed by atoms with Gasteiger partial charge in [0.2, 0.25) is 0 Å². The molecule has 0 unspecified atom stereocenters. The van der Waals surface area contributed by atoms with Crippen molar-refractivity contribution < 1.29 is 14.7 Å². The molecule has 0 bridgehead atoms. The quantitative estimate of drug-likeness (QED) is 0.699. The van der Waals surface area contributed by atoms with Crippen LogP contribution in [0.5, 0.6) is 0 Å². The lowest BCUT2D eigenvalue weighted by Gasteiger charge is -2.11. The van der Waals surface area contributed by atoms with Crippen LogP contribution in [0.25, 0.3) is 0 Å². The number of benzene rings is 1. The average molecular weight is 278 g/mol. The second kappa shape index (κ2) is 7.53. The highest BCUT2D eigenvalue weighted by Gasteiger charge is 2.08.